The maximum Gasteiger partial charge on any atom is 0.186 e. The van der Waals surface area contributed by atoms with Crippen LogP contribution in [0.3, 0.4) is 0 Å². The van der Waals surface area contributed by atoms with E-state index in [1.807, 2.05) is 30.4 Å². The second-order valence-corrected chi connectivity index (χ2v) is 4.72. The lowest BCUT2D eigenvalue weighted by Crippen LogP contribution is -2.10. The van der Waals surface area contributed by atoms with Crippen molar-refractivity contribution in [3.05, 3.63) is 5.82 Å². The first kappa shape index (κ1) is 9.98. The molecular weight excluding hydrogens is 196 g/mol. The number of rotatable bonds is 3. The molecule has 1 unspecified atom stereocenters. The first-order valence-corrected chi connectivity index (χ1v) is 5.95. The van der Waals surface area contributed by atoms with Gasteiger partial charge < -0.3 is 5.32 Å². The van der Waals surface area contributed by atoms with Crippen LogP contribution in [0.2, 0.25) is 0 Å². The molecule has 14 heavy (non-hydrogen) atoms. The number of aromatic nitrogens is 3. The highest BCUT2D eigenvalue weighted by Gasteiger charge is 2.15. The van der Waals surface area contributed by atoms with Gasteiger partial charge in [0.15, 0.2) is 5.16 Å². The van der Waals surface area contributed by atoms with Crippen LogP contribution in [0.15, 0.2) is 5.16 Å². The third-order valence-corrected chi connectivity index (χ3v) is 3.69. The van der Waals surface area contributed by atoms with Crippen molar-refractivity contribution in [2.45, 2.75) is 18.5 Å². The Kier molecular flexibility index (Phi) is 3.08. The highest BCUT2D eigenvalue weighted by Crippen LogP contribution is 2.21. The molecule has 0 aromatic carbocycles. The fraction of sp³-hybridized carbons (Fsp3) is 0.778. The first-order chi connectivity index (χ1) is 6.75. The standard InChI is InChI=1S/C9H16N4S/c1-7-11-9(13(2)12-7)14-6-8-3-4-10-5-8/h8,10H,3-6H2,1-2H3. The number of thioether (sulfide) groups is 1. The minimum Gasteiger partial charge on any atom is -0.316 e. The van der Waals surface area contributed by atoms with Gasteiger partial charge in [0.2, 0.25) is 0 Å². The number of hydrogen-bond acceptors (Lipinski definition) is 4. The largest absolute Gasteiger partial charge is 0.316 e. The molecule has 0 amide bonds. The summed E-state index contributed by atoms with van der Waals surface area (Å²) < 4.78 is 1.86. The molecule has 1 aromatic rings. The van der Waals surface area contributed by atoms with Gasteiger partial charge in [-0.05, 0) is 32.4 Å². The second-order valence-electron chi connectivity index (χ2n) is 3.74. The smallest absolute Gasteiger partial charge is 0.186 e. The van der Waals surface area contributed by atoms with Crippen molar-refractivity contribution < 1.29 is 0 Å². The Bertz CT molecular complexity index is 304. The summed E-state index contributed by atoms with van der Waals surface area (Å²) >= 11 is 1.81. The quantitative estimate of drug-likeness (QED) is 0.754. The van der Waals surface area contributed by atoms with Crippen LogP contribution in [0, 0.1) is 12.8 Å². The average Bonchev–Trinajstić information content (AvgIpc) is 2.72. The molecule has 0 saturated carbocycles. The molecule has 1 atom stereocenters. The zero-order valence-electron chi connectivity index (χ0n) is 8.66. The maximum atomic E-state index is 4.37. The van der Waals surface area contributed by atoms with Crippen LogP contribution < -0.4 is 5.32 Å². The van der Waals surface area contributed by atoms with Gasteiger partial charge >= 0.3 is 0 Å². The highest BCUT2D eigenvalue weighted by atomic mass is 32.2. The Hall–Kier alpha value is -0.550. The number of nitrogens with zero attached hydrogens (tertiary/aromatic N) is 3. The first-order valence-electron chi connectivity index (χ1n) is 4.97. The lowest BCUT2D eigenvalue weighted by atomic mass is 10.2. The Morgan fingerprint density at radius 1 is 1.64 bits per heavy atom. The van der Waals surface area contributed by atoms with Crippen LogP contribution in [0.5, 0.6) is 0 Å². The van der Waals surface area contributed by atoms with E-state index in [2.05, 4.69) is 15.4 Å². The summed E-state index contributed by atoms with van der Waals surface area (Å²) in [7, 11) is 1.95. The summed E-state index contributed by atoms with van der Waals surface area (Å²) in [6.07, 6.45) is 1.30. The van der Waals surface area contributed by atoms with Crippen molar-refractivity contribution in [2.24, 2.45) is 13.0 Å². The minimum absolute atomic E-state index is 0.803. The zero-order chi connectivity index (χ0) is 9.97. The van der Waals surface area contributed by atoms with E-state index in [1.165, 1.54) is 13.0 Å². The van der Waals surface area contributed by atoms with Crippen LogP contribution in [0.25, 0.3) is 0 Å². The van der Waals surface area contributed by atoms with Crippen molar-refractivity contribution >= 4 is 11.8 Å². The van der Waals surface area contributed by atoms with E-state index in [9.17, 15) is 0 Å². The van der Waals surface area contributed by atoms with Crippen molar-refractivity contribution in [3.8, 4) is 0 Å². The van der Waals surface area contributed by atoms with Crippen LogP contribution in [-0.2, 0) is 7.05 Å². The maximum absolute atomic E-state index is 4.37. The van der Waals surface area contributed by atoms with Crippen LogP contribution in [-0.4, -0.2) is 33.6 Å². The molecule has 2 heterocycles. The minimum atomic E-state index is 0.803. The molecule has 0 radical (unpaired) electrons. The van der Waals surface area contributed by atoms with Crippen LogP contribution >= 0.6 is 11.8 Å². The summed E-state index contributed by atoms with van der Waals surface area (Å²) in [6.45, 7) is 4.26. The molecule has 1 aliphatic rings. The monoisotopic (exact) mass is 212 g/mol. The van der Waals surface area contributed by atoms with Crippen molar-refractivity contribution in [1.82, 2.24) is 20.1 Å². The topological polar surface area (TPSA) is 42.7 Å². The molecule has 2 rings (SSSR count). The van der Waals surface area contributed by atoms with E-state index >= 15 is 0 Å². The third-order valence-electron chi connectivity index (χ3n) is 2.44. The van der Waals surface area contributed by atoms with Gasteiger partial charge in [-0.1, -0.05) is 11.8 Å². The van der Waals surface area contributed by atoms with Crippen LogP contribution in [0.4, 0.5) is 0 Å². The van der Waals surface area contributed by atoms with E-state index in [1.54, 1.807) is 0 Å². The Balaban J connectivity index is 1.87. The molecule has 1 N–H and O–H groups in total. The summed E-state index contributed by atoms with van der Waals surface area (Å²) in [5.74, 6) is 2.82. The number of nitrogens with one attached hydrogen (secondary N) is 1. The molecule has 78 valence electrons. The fourth-order valence-electron chi connectivity index (χ4n) is 1.67. The van der Waals surface area contributed by atoms with Gasteiger partial charge in [0, 0.05) is 12.8 Å². The molecule has 5 heteroatoms. The zero-order valence-corrected chi connectivity index (χ0v) is 9.47. The van der Waals surface area contributed by atoms with Gasteiger partial charge in [-0.2, -0.15) is 5.10 Å². The fourth-order valence-corrected chi connectivity index (χ4v) is 2.76. The normalized spacial score (nSPS) is 21.7. The van der Waals surface area contributed by atoms with Gasteiger partial charge in [-0.15, -0.1) is 0 Å². The molecule has 0 aliphatic carbocycles. The summed E-state index contributed by atoms with van der Waals surface area (Å²) in [5.41, 5.74) is 0. The molecule has 0 bridgehead atoms. The predicted molar refractivity (Wildman–Crippen MR) is 57.4 cm³/mol. The summed E-state index contributed by atoms with van der Waals surface area (Å²) in [5, 5.41) is 8.63. The molecule has 0 spiro atoms. The molecule has 1 saturated heterocycles. The predicted octanol–water partition coefficient (Wildman–Crippen LogP) is 0.825. The highest BCUT2D eigenvalue weighted by molar-refractivity contribution is 7.99. The van der Waals surface area contributed by atoms with Crippen molar-refractivity contribution in [3.63, 3.8) is 0 Å². The second kappa shape index (κ2) is 4.31. The summed E-state index contributed by atoms with van der Waals surface area (Å²) in [6, 6.07) is 0. The lowest BCUT2D eigenvalue weighted by molar-refractivity contribution is 0.652. The van der Waals surface area contributed by atoms with E-state index in [4.69, 9.17) is 0 Å². The lowest BCUT2D eigenvalue weighted by Gasteiger charge is -2.05. The SMILES string of the molecule is Cc1nc(SCC2CCNC2)n(C)n1. The van der Waals surface area contributed by atoms with Crippen LogP contribution in [0.1, 0.15) is 12.2 Å². The van der Waals surface area contributed by atoms with Gasteiger partial charge in [0.05, 0.1) is 0 Å². The number of aryl methyl sites for hydroxylation is 2. The van der Waals surface area contributed by atoms with Gasteiger partial charge in [0.25, 0.3) is 0 Å². The molecule has 1 fully saturated rings. The molecule has 4 nitrogen and oxygen atoms in total. The average molecular weight is 212 g/mol. The number of hydrogen-bond donors (Lipinski definition) is 1. The van der Waals surface area contributed by atoms with Gasteiger partial charge in [0.1, 0.15) is 5.82 Å². The molecular formula is C9H16N4S. The van der Waals surface area contributed by atoms with Gasteiger partial charge in [-0.3, -0.25) is 0 Å². The van der Waals surface area contributed by atoms with E-state index in [0.717, 1.165) is 29.2 Å². The van der Waals surface area contributed by atoms with Gasteiger partial charge in [-0.25, -0.2) is 9.67 Å². The van der Waals surface area contributed by atoms with Crippen molar-refractivity contribution in [2.75, 3.05) is 18.8 Å². The Labute approximate surface area is 88.5 Å². The Morgan fingerprint density at radius 3 is 3.07 bits per heavy atom. The van der Waals surface area contributed by atoms with Crippen molar-refractivity contribution in [1.29, 1.82) is 0 Å². The Morgan fingerprint density at radius 2 is 2.50 bits per heavy atom. The molecule has 1 aliphatic heterocycles. The third kappa shape index (κ3) is 2.27. The van der Waals surface area contributed by atoms with E-state index in [-0.39, 0.29) is 0 Å². The molecule has 1 aromatic heterocycles. The summed E-state index contributed by atoms with van der Waals surface area (Å²) in [4.78, 5) is 4.37. The van der Waals surface area contributed by atoms with E-state index in [0.29, 0.717) is 0 Å². The van der Waals surface area contributed by atoms with E-state index < -0.39 is 0 Å².